The third-order valence-electron chi connectivity index (χ3n) is 8.03. The van der Waals surface area contributed by atoms with Gasteiger partial charge in [-0.05, 0) is 102 Å². The van der Waals surface area contributed by atoms with Crippen molar-refractivity contribution in [2.45, 2.75) is 128 Å². The number of benzene rings is 2. The number of ether oxygens (including phenoxy) is 2. The second kappa shape index (κ2) is 19.7. The van der Waals surface area contributed by atoms with Gasteiger partial charge in [-0.15, -0.1) is 0 Å². The third kappa shape index (κ3) is 18.8. The van der Waals surface area contributed by atoms with E-state index in [1.807, 2.05) is 24.3 Å². The fraction of sp³-hybridized carbons (Fsp3) is 0.667. The van der Waals surface area contributed by atoms with Gasteiger partial charge in [-0.1, -0.05) is 62.1 Å². The molecule has 268 valence electrons. The Kier molecular flexibility index (Phi) is 17.1. The monoisotopic (exact) mass is 680 g/mol. The Balaban J connectivity index is 0.000000286. The molecule has 0 amide bonds. The van der Waals surface area contributed by atoms with E-state index in [0.29, 0.717) is 38.1 Å². The molecule has 2 atom stereocenters. The average molecular weight is 681 g/mol. The second-order valence-corrected chi connectivity index (χ2v) is 15.6. The Hall–Kier alpha value is -2.25. The van der Waals surface area contributed by atoms with Crippen molar-refractivity contribution in [3.05, 3.63) is 59.7 Å². The zero-order chi connectivity index (χ0) is 35.1. The minimum atomic E-state index is -4.67. The van der Waals surface area contributed by atoms with Crippen LogP contribution in [0.4, 0.5) is 0 Å². The third-order valence-corrected chi connectivity index (χ3v) is 8.03. The van der Waals surface area contributed by atoms with Gasteiger partial charge < -0.3 is 30.3 Å². The van der Waals surface area contributed by atoms with E-state index < -0.39 is 22.6 Å². The van der Waals surface area contributed by atoms with Crippen molar-refractivity contribution in [2.24, 2.45) is 0 Å². The highest BCUT2D eigenvalue weighted by Gasteiger charge is 2.22. The molecule has 2 aliphatic carbocycles. The lowest BCUT2D eigenvalue weighted by atomic mass is 9.97. The Morgan fingerprint density at radius 3 is 1.26 bits per heavy atom. The van der Waals surface area contributed by atoms with E-state index in [-0.39, 0.29) is 11.1 Å². The normalized spacial score (nSPS) is 17.2. The van der Waals surface area contributed by atoms with Gasteiger partial charge in [-0.25, -0.2) is 0 Å². The van der Waals surface area contributed by atoms with Crippen LogP contribution in [0.15, 0.2) is 48.5 Å². The van der Waals surface area contributed by atoms with E-state index in [4.69, 9.17) is 27.0 Å². The highest BCUT2D eigenvalue weighted by Crippen LogP contribution is 2.39. The standard InChI is InChI=1S/2C18H29NO2.H2O4S/c2*1-18(2,3)19-12-15(20)13-21-17-11-7-6-10-16(17)14-8-4-5-9-14;1-5(2,3)4/h2*6-7,10-11,14-15,19-20H,4-5,8-9,12-13H2,1-3H3;(H2,1,2,3,4)/t2*15-;/m00./s1. The molecule has 0 aliphatic heterocycles. The molecule has 47 heavy (non-hydrogen) atoms. The quantitative estimate of drug-likeness (QED) is 0.141. The van der Waals surface area contributed by atoms with Crippen LogP contribution in [-0.4, -0.2) is 77.3 Å². The number of aliphatic hydroxyl groups excluding tert-OH is 2. The molecule has 6 N–H and O–H groups in total. The lowest BCUT2D eigenvalue weighted by Gasteiger charge is -2.23. The molecule has 0 saturated heterocycles. The summed E-state index contributed by atoms with van der Waals surface area (Å²) in [5.41, 5.74) is 2.66. The van der Waals surface area contributed by atoms with Gasteiger partial charge in [0.2, 0.25) is 0 Å². The lowest BCUT2D eigenvalue weighted by molar-refractivity contribution is 0.0993. The smallest absolute Gasteiger partial charge is 0.394 e. The first-order valence-corrected chi connectivity index (χ1v) is 18.3. The van der Waals surface area contributed by atoms with Crippen molar-refractivity contribution in [1.29, 1.82) is 0 Å². The van der Waals surface area contributed by atoms with E-state index in [1.54, 1.807) is 0 Å². The molecule has 2 saturated carbocycles. The topological polar surface area (TPSA) is 158 Å². The second-order valence-electron chi connectivity index (χ2n) is 14.7. The van der Waals surface area contributed by atoms with Gasteiger partial charge in [0.25, 0.3) is 0 Å². The molecule has 2 aliphatic rings. The van der Waals surface area contributed by atoms with Gasteiger partial charge in [-0.3, -0.25) is 9.11 Å². The van der Waals surface area contributed by atoms with Gasteiger partial charge in [0.1, 0.15) is 36.9 Å². The predicted molar refractivity (Wildman–Crippen MR) is 188 cm³/mol. The molecule has 10 nitrogen and oxygen atoms in total. The van der Waals surface area contributed by atoms with E-state index in [2.05, 4.69) is 76.4 Å². The molecule has 2 fully saturated rings. The summed E-state index contributed by atoms with van der Waals surface area (Å²) in [5.74, 6) is 3.15. The fourth-order valence-electron chi connectivity index (χ4n) is 5.71. The zero-order valence-corrected chi connectivity index (χ0v) is 30.1. The van der Waals surface area contributed by atoms with Crippen LogP contribution in [-0.2, 0) is 10.4 Å². The van der Waals surface area contributed by atoms with Gasteiger partial charge in [0.15, 0.2) is 0 Å². The Morgan fingerprint density at radius 2 is 0.957 bits per heavy atom. The van der Waals surface area contributed by atoms with E-state index in [9.17, 15) is 10.2 Å². The number of nitrogens with one attached hydrogen (secondary N) is 2. The molecule has 0 aromatic heterocycles. The summed E-state index contributed by atoms with van der Waals surface area (Å²) in [4.78, 5) is 0. The summed E-state index contributed by atoms with van der Waals surface area (Å²) in [6, 6.07) is 16.6. The van der Waals surface area contributed by atoms with Crippen LogP contribution in [0.1, 0.15) is 116 Å². The number of aliphatic hydroxyl groups is 2. The molecule has 11 heteroatoms. The van der Waals surface area contributed by atoms with E-state index in [0.717, 1.165) is 11.5 Å². The van der Waals surface area contributed by atoms with Crippen LogP contribution >= 0.6 is 0 Å². The average Bonchev–Trinajstić information content (AvgIpc) is 3.71. The van der Waals surface area contributed by atoms with Crippen molar-refractivity contribution in [3.8, 4) is 11.5 Å². The Morgan fingerprint density at radius 1 is 0.660 bits per heavy atom. The summed E-state index contributed by atoms with van der Waals surface area (Å²) >= 11 is 0. The van der Waals surface area contributed by atoms with Gasteiger partial charge >= 0.3 is 10.4 Å². The predicted octanol–water partition coefficient (Wildman–Crippen LogP) is 6.29. The molecule has 0 heterocycles. The van der Waals surface area contributed by atoms with Crippen LogP contribution < -0.4 is 20.1 Å². The van der Waals surface area contributed by atoms with Crippen molar-refractivity contribution in [3.63, 3.8) is 0 Å². The first kappa shape index (κ1) is 40.9. The van der Waals surface area contributed by atoms with Crippen molar-refractivity contribution in [1.82, 2.24) is 10.6 Å². The summed E-state index contributed by atoms with van der Waals surface area (Å²) in [6.07, 6.45) is 9.33. The van der Waals surface area contributed by atoms with Crippen molar-refractivity contribution in [2.75, 3.05) is 26.3 Å². The van der Waals surface area contributed by atoms with Crippen molar-refractivity contribution < 1.29 is 37.2 Å². The minimum Gasteiger partial charge on any atom is -0.491 e. The first-order chi connectivity index (χ1) is 21.9. The molecule has 0 unspecified atom stereocenters. The Bertz CT molecular complexity index is 1170. The van der Waals surface area contributed by atoms with Crippen LogP contribution in [0, 0.1) is 0 Å². The molecule has 0 radical (unpaired) electrons. The lowest BCUT2D eigenvalue weighted by Crippen LogP contribution is -2.42. The number of para-hydroxylation sites is 2. The molecule has 4 rings (SSSR count). The molecule has 0 spiro atoms. The molecule has 0 bridgehead atoms. The van der Waals surface area contributed by atoms with E-state index in [1.165, 1.54) is 62.5 Å². The minimum absolute atomic E-state index is 0.0166. The summed E-state index contributed by atoms with van der Waals surface area (Å²) in [6.45, 7) is 14.3. The van der Waals surface area contributed by atoms with Crippen LogP contribution in [0.25, 0.3) is 0 Å². The number of hydrogen-bond donors (Lipinski definition) is 6. The maximum Gasteiger partial charge on any atom is 0.394 e. The van der Waals surface area contributed by atoms with E-state index >= 15 is 0 Å². The number of β-amino-alcohol motifs (C(OH)–C–C–N with tert-alkyl or cyclic N) is 2. The van der Waals surface area contributed by atoms with Gasteiger partial charge in [0.05, 0.1) is 0 Å². The van der Waals surface area contributed by atoms with Crippen LogP contribution in [0.2, 0.25) is 0 Å². The molecule has 2 aromatic rings. The SMILES string of the molecule is CC(C)(C)NC[C@H](O)COc1ccccc1C1CCCC1.CC(C)(C)NC[C@H](O)COc1ccccc1C1CCCC1.O=S(=O)(O)O. The van der Waals surface area contributed by atoms with Gasteiger partial charge in [-0.2, -0.15) is 8.42 Å². The summed E-state index contributed by atoms with van der Waals surface area (Å²) in [7, 11) is -4.67. The maximum atomic E-state index is 10.0. The number of rotatable bonds is 12. The molecular formula is C36H60N2O8S. The summed E-state index contributed by atoms with van der Waals surface area (Å²) < 4.78 is 43.4. The molecule has 2 aromatic carbocycles. The zero-order valence-electron chi connectivity index (χ0n) is 29.2. The largest absolute Gasteiger partial charge is 0.491 e. The fourth-order valence-corrected chi connectivity index (χ4v) is 5.71. The highest BCUT2D eigenvalue weighted by atomic mass is 32.3. The molecular weight excluding hydrogens is 620 g/mol. The van der Waals surface area contributed by atoms with Crippen LogP contribution in [0.5, 0.6) is 11.5 Å². The van der Waals surface area contributed by atoms with Crippen LogP contribution in [0.3, 0.4) is 0 Å². The number of hydrogen-bond acceptors (Lipinski definition) is 8. The summed E-state index contributed by atoms with van der Waals surface area (Å²) in [5, 5.41) is 26.7. The Labute approximate surface area is 283 Å². The maximum absolute atomic E-state index is 10.0. The van der Waals surface area contributed by atoms with Gasteiger partial charge in [0, 0.05) is 24.2 Å². The highest BCUT2D eigenvalue weighted by molar-refractivity contribution is 7.79. The first-order valence-electron chi connectivity index (χ1n) is 16.9. The van der Waals surface area contributed by atoms with Crippen molar-refractivity contribution >= 4 is 10.4 Å².